The molecule has 1 amide bonds. The minimum Gasteiger partial charge on any atom is -0.507 e. The van der Waals surface area contributed by atoms with Gasteiger partial charge in [0.1, 0.15) is 23.1 Å². The molecule has 0 bridgehead atoms. The van der Waals surface area contributed by atoms with E-state index in [0.29, 0.717) is 24.2 Å². The smallest absolute Gasteiger partial charge is 0.255 e. The Bertz CT molecular complexity index is 1630. The van der Waals surface area contributed by atoms with Crippen LogP contribution in [0.2, 0.25) is 0 Å². The maximum absolute atomic E-state index is 14.3. The minimum absolute atomic E-state index is 0.0606. The molecule has 0 saturated heterocycles. The standard InChI is InChI=1S/C32H28F2N4O2/c1-21(18-36-32(40)27-7-3-5-9-30(27)39)16-26-17-23(14-15-35-26)28-20-38(19-24-6-2-4-8-29(24)34)37-31(28)22-10-12-25(33)13-11-22/h2-15,17,20-21,39H,16,18-19H2,1H3,(H,36,40). The molecule has 0 radical (unpaired) electrons. The molecule has 40 heavy (non-hydrogen) atoms. The van der Waals surface area contributed by atoms with Crippen LogP contribution in [0, 0.1) is 17.6 Å². The van der Waals surface area contributed by atoms with Crippen molar-refractivity contribution >= 4 is 5.91 Å². The highest BCUT2D eigenvalue weighted by Gasteiger charge is 2.17. The van der Waals surface area contributed by atoms with E-state index in [4.69, 9.17) is 5.10 Å². The summed E-state index contributed by atoms with van der Waals surface area (Å²) in [4.78, 5) is 17.0. The summed E-state index contributed by atoms with van der Waals surface area (Å²) in [5, 5.41) is 17.5. The molecule has 0 aliphatic rings. The third kappa shape index (κ3) is 6.23. The Labute approximate surface area is 231 Å². The monoisotopic (exact) mass is 538 g/mol. The Hall–Kier alpha value is -4.85. The van der Waals surface area contributed by atoms with E-state index in [-0.39, 0.29) is 41.3 Å². The van der Waals surface area contributed by atoms with E-state index in [1.807, 2.05) is 25.3 Å². The van der Waals surface area contributed by atoms with Gasteiger partial charge in [0.25, 0.3) is 5.91 Å². The number of nitrogens with one attached hydrogen (secondary N) is 1. The first kappa shape index (κ1) is 26.7. The number of aromatic hydroxyl groups is 1. The molecule has 0 aliphatic heterocycles. The summed E-state index contributed by atoms with van der Waals surface area (Å²) in [5.41, 5.74) is 4.64. The molecular formula is C32H28F2N4O2. The topological polar surface area (TPSA) is 80.0 Å². The van der Waals surface area contributed by atoms with Crippen LogP contribution >= 0.6 is 0 Å². The van der Waals surface area contributed by atoms with E-state index in [1.54, 1.807) is 59.4 Å². The number of phenolic OH excluding ortho intramolecular Hbond substituents is 1. The van der Waals surface area contributed by atoms with Crippen LogP contribution in [0.1, 0.15) is 28.5 Å². The van der Waals surface area contributed by atoms with Crippen LogP contribution in [0.3, 0.4) is 0 Å². The fraction of sp³-hybridized carbons (Fsp3) is 0.156. The number of pyridine rings is 1. The van der Waals surface area contributed by atoms with E-state index in [2.05, 4.69) is 10.3 Å². The number of para-hydroxylation sites is 1. The van der Waals surface area contributed by atoms with Gasteiger partial charge in [0.15, 0.2) is 0 Å². The number of rotatable bonds is 9. The van der Waals surface area contributed by atoms with Gasteiger partial charge in [-0.25, -0.2) is 8.78 Å². The van der Waals surface area contributed by atoms with E-state index in [9.17, 15) is 18.7 Å². The largest absolute Gasteiger partial charge is 0.507 e. The van der Waals surface area contributed by atoms with Crippen LogP contribution in [0.15, 0.2) is 97.3 Å². The Morgan fingerprint density at radius 1 is 0.975 bits per heavy atom. The lowest BCUT2D eigenvalue weighted by atomic mass is 9.99. The number of halogens is 2. The van der Waals surface area contributed by atoms with E-state index in [0.717, 1.165) is 22.4 Å². The number of carbonyl (C=O) groups is 1. The molecule has 0 fully saturated rings. The number of hydrogen-bond donors (Lipinski definition) is 2. The second-order valence-electron chi connectivity index (χ2n) is 9.76. The molecule has 2 N–H and O–H groups in total. The summed E-state index contributed by atoms with van der Waals surface area (Å²) in [6, 6.07) is 23.0. The second kappa shape index (κ2) is 11.9. The van der Waals surface area contributed by atoms with Gasteiger partial charge < -0.3 is 10.4 Å². The van der Waals surface area contributed by atoms with Crippen LogP contribution in [-0.4, -0.2) is 32.3 Å². The second-order valence-corrected chi connectivity index (χ2v) is 9.76. The Morgan fingerprint density at radius 2 is 1.73 bits per heavy atom. The Kier molecular flexibility index (Phi) is 7.96. The summed E-state index contributed by atoms with van der Waals surface area (Å²) in [5.74, 6) is -0.978. The molecule has 6 nitrogen and oxygen atoms in total. The first-order valence-corrected chi connectivity index (χ1v) is 13.0. The Balaban J connectivity index is 1.37. The summed E-state index contributed by atoms with van der Waals surface area (Å²) in [7, 11) is 0. The van der Waals surface area contributed by atoms with Crippen LogP contribution < -0.4 is 5.32 Å². The first-order chi connectivity index (χ1) is 19.4. The molecule has 5 rings (SSSR count). The van der Waals surface area contributed by atoms with Crippen LogP contribution in [0.25, 0.3) is 22.4 Å². The molecule has 0 spiro atoms. The van der Waals surface area contributed by atoms with Gasteiger partial charge in [-0.15, -0.1) is 0 Å². The average Bonchev–Trinajstić information content (AvgIpc) is 3.37. The van der Waals surface area contributed by atoms with Gasteiger partial charge in [-0.05, 0) is 72.5 Å². The van der Waals surface area contributed by atoms with Crippen molar-refractivity contribution in [1.82, 2.24) is 20.1 Å². The van der Waals surface area contributed by atoms with Crippen LogP contribution in [0.5, 0.6) is 5.75 Å². The lowest BCUT2D eigenvalue weighted by Crippen LogP contribution is -2.29. The van der Waals surface area contributed by atoms with Gasteiger partial charge in [0.05, 0.1) is 12.1 Å². The summed E-state index contributed by atoms with van der Waals surface area (Å²) < 4.78 is 29.7. The SMILES string of the molecule is CC(CNC(=O)c1ccccc1O)Cc1cc(-c2cn(Cc3ccccc3F)nc2-c2ccc(F)cc2)ccn1. The van der Waals surface area contributed by atoms with Crippen molar-refractivity contribution in [3.63, 3.8) is 0 Å². The van der Waals surface area contributed by atoms with Gasteiger partial charge in [0.2, 0.25) is 0 Å². The maximum Gasteiger partial charge on any atom is 0.255 e. The zero-order valence-electron chi connectivity index (χ0n) is 21.9. The van der Waals surface area contributed by atoms with Gasteiger partial charge in [-0.2, -0.15) is 5.10 Å². The van der Waals surface area contributed by atoms with Crippen LogP contribution in [-0.2, 0) is 13.0 Å². The molecule has 1 atom stereocenters. The third-order valence-electron chi connectivity index (χ3n) is 6.61. The average molecular weight is 539 g/mol. The lowest BCUT2D eigenvalue weighted by Gasteiger charge is -2.13. The molecule has 0 saturated carbocycles. The lowest BCUT2D eigenvalue weighted by molar-refractivity contribution is 0.0945. The zero-order valence-corrected chi connectivity index (χ0v) is 21.9. The molecule has 5 aromatic rings. The summed E-state index contributed by atoms with van der Waals surface area (Å²) >= 11 is 0. The fourth-order valence-electron chi connectivity index (χ4n) is 4.55. The van der Waals surface area contributed by atoms with Crippen molar-refractivity contribution in [2.75, 3.05) is 6.54 Å². The number of hydrogen-bond acceptors (Lipinski definition) is 4. The molecule has 0 aliphatic carbocycles. The molecule has 3 aromatic carbocycles. The van der Waals surface area contributed by atoms with E-state index in [1.165, 1.54) is 24.3 Å². The fourth-order valence-corrected chi connectivity index (χ4v) is 4.55. The summed E-state index contributed by atoms with van der Waals surface area (Å²) in [6.07, 6.45) is 4.19. The van der Waals surface area contributed by atoms with Crippen molar-refractivity contribution in [3.8, 4) is 28.1 Å². The molecule has 2 heterocycles. The van der Waals surface area contributed by atoms with Crippen molar-refractivity contribution in [2.45, 2.75) is 19.9 Å². The molecule has 1 unspecified atom stereocenters. The van der Waals surface area contributed by atoms with Crippen molar-refractivity contribution in [3.05, 3.63) is 126 Å². The molecular weight excluding hydrogens is 510 g/mol. The van der Waals surface area contributed by atoms with Crippen molar-refractivity contribution in [2.24, 2.45) is 5.92 Å². The maximum atomic E-state index is 14.3. The van der Waals surface area contributed by atoms with Crippen molar-refractivity contribution in [1.29, 1.82) is 0 Å². The minimum atomic E-state index is -0.342. The molecule has 202 valence electrons. The van der Waals surface area contributed by atoms with Crippen LogP contribution in [0.4, 0.5) is 8.78 Å². The Morgan fingerprint density at radius 3 is 2.50 bits per heavy atom. The van der Waals surface area contributed by atoms with Gasteiger partial charge >= 0.3 is 0 Å². The number of benzene rings is 3. The van der Waals surface area contributed by atoms with Gasteiger partial charge in [0, 0.05) is 41.3 Å². The molecule has 8 heteroatoms. The van der Waals surface area contributed by atoms with Gasteiger partial charge in [-0.1, -0.05) is 37.3 Å². The van der Waals surface area contributed by atoms with Gasteiger partial charge in [-0.3, -0.25) is 14.5 Å². The predicted octanol–water partition coefficient (Wildman–Crippen LogP) is 6.25. The molecule has 2 aromatic heterocycles. The highest BCUT2D eigenvalue weighted by atomic mass is 19.1. The number of carbonyl (C=O) groups excluding carboxylic acids is 1. The summed E-state index contributed by atoms with van der Waals surface area (Å²) in [6.45, 7) is 2.66. The number of aromatic nitrogens is 3. The number of nitrogens with zero attached hydrogens (tertiary/aromatic N) is 3. The first-order valence-electron chi connectivity index (χ1n) is 13.0. The van der Waals surface area contributed by atoms with E-state index >= 15 is 0 Å². The normalized spacial score (nSPS) is 11.8. The number of phenols is 1. The van der Waals surface area contributed by atoms with Crippen molar-refractivity contribution < 1.29 is 18.7 Å². The zero-order chi connectivity index (χ0) is 28.1. The van der Waals surface area contributed by atoms with E-state index < -0.39 is 0 Å². The third-order valence-corrected chi connectivity index (χ3v) is 6.61. The highest BCUT2D eigenvalue weighted by Crippen LogP contribution is 2.32. The highest BCUT2D eigenvalue weighted by molar-refractivity contribution is 5.96. The quantitative estimate of drug-likeness (QED) is 0.232. The number of amides is 1. The predicted molar refractivity (Wildman–Crippen MR) is 150 cm³/mol.